The summed E-state index contributed by atoms with van der Waals surface area (Å²) in [5.41, 5.74) is 1.62. The van der Waals surface area contributed by atoms with Crippen LogP contribution in [0.3, 0.4) is 0 Å². The van der Waals surface area contributed by atoms with E-state index >= 15 is 0 Å². The Labute approximate surface area is 103 Å². The minimum atomic E-state index is -0.0985. The number of thioether (sulfide) groups is 1. The topological polar surface area (TPSA) is 42.0 Å². The summed E-state index contributed by atoms with van der Waals surface area (Å²) in [4.78, 5) is 17.2. The van der Waals surface area contributed by atoms with E-state index in [-0.39, 0.29) is 11.3 Å². The highest BCUT2D eigenvalue weighted by Gasteiger charge is 2.25. The number of aromatic nitrogens is 1. The van der Waals surface area contributed by atoms with Gasteiger partial charge in [-0.3, -0.25) is 9.78 Å². The lowest BCUT2D eigenvalue weighted by atomic mass is 10.2. The fourth-order valence-electron chi connectivity index (χ4n) is 1.78. The lowest BCUT2D eigenvalue weighted by Crippen LogP contribution is -2.31. The number of carbonyl (C=O) groups is 1. The molecular formula is C13H10N2OS. The van der Waals surface area contributed by atoms with Crippen molar-refractivity contribution in [3.8, 4) is 0 Å². The molecule has 0 radical (unpaired) electrons. The Morgan fingerprint density at radius 3 is 2.76 bits per heavy atom. The van der Waals surface area contributed by atoms with Gasteiger partial charge in [0.1, 0.15) is 5.37 Å². The highest BCUT2D eigenvalue weighted by Crippen LogP contribution is 2.37. The number of rotatable bonds is 1. The molecule has 0 bridgehead atoms. The van der Waals surface area contributed by atoms with Crippen LogP contribution in [-0.4, -0.2) is 10.9 Å². The van der Waals surface area contributed by atoms with Crippen LogP contribution in [0.15, 0.2) is 53.6 Å². The highest BCUT2D eigenvalue weighted by atomic mass is 32.2. The fourth-order valence-corrected chi connectivity index (χ4v) is 2.90. The molecule has 1 N–H and O–H groups in total. The van der Waals surface area contributed by atoms with Gasteiger partial charge >= 0.3 is 0 Å². The quantitative estimate of drug-likeness (QED) is 0.835. The van der Waals surface area contributed by atoms with Gasteiger partial charge in [-0.05, 0) is 24.3 Å². The number of carbonyl (C=O) groups excluding carboxylic acids is 1. The molecule has 1 atom stereocenters. The number of benzene rings is 1. The third-order valence-corrected chi connectivity index (χ3v) is 3.80. The molecule has 1 unspecified atom stereocenters. The van der Waals surface area contributed by atoms with Crippen molar-refractivity contribution in [2.45, 2.75) is 10.3 Å². The molecule has 17 heavy (non-hydrogen) atoms. The zero-order valence-electron chi connectivity index (χ0n) is 8.96. The van der Waals surface area contributed by atoms with Crippen molar-refractivity contribution in [3.05, 3.63) is 59.9 Å². The van der Waals surface area contributed by atoms with Crippen molar-refractivity contribution >= 4 is 17.7 Å². The van der Waals surface area contributed by atoms with E-state index in [0.717, 1.165) is 16.2 Å². The number of hydrogen-bond acceptors (Lipinski definition) is 3. The second-order valence-corrected chi connectivity index (χ2v) is 4.87. The Morgan fingerprint density at radius 1 is 1.12 bits per heavy atom. The summed E-state index contributed by atoms with van der Waals surface area (Å²) in [6, 6.07) is 13.3. The summed E-state index contributed by atoms with van der Waals surface area (Å²) in [5.74, 6) is -0.0324. The van der Waals surface area contributed by atoms with Gasteiger partial charge in [0.2, 0.25) is 0 Å². The summed E-state index contributed by atoms with van der Waals surface area (Å²) < 4.78 is 0. The summed E-state index contributed by atoms with van der Waals surface area (Å²) in [7, 11) is 0. The van der Waals surface area contributed by atoms with Crippen LogP contribution >= 0.6 is 11.8 Å². The number of nitrogens with zero attached hydrogens (tertiary/aromatic N) is 1. The van der Waals surface area contributed by atoms with Gasteiger partial charge in [-0.1, -0.05) is 30.0 Å². The molecule has 1 aliphatic heterocycles. The molecule has 0 aliphatic carbocycles. The average molecular weight is 242 g/mol. The van der Waals surface area contributed by atoms with Crippen molar-refractivity contribution in [2.24, 2.45) is 0 Å². The standard InChI is InChI=1S/C13H10N2OS/c16-12-9-5-1-2-7-11(9)17-13(15-12)10-6-3-4-8-14-10/h1-8,13H,(H,15,16). The van der Waals surface area contributed by atoms with E-state index in [1.165, 1.54) is 0 Å². The number of nitrogens with one attached hydrogen (secondary N) is 1. The van der Waals surface area contributed by atoms with Crippen LogP contribution in [-0.2, 0) is 0 Å². The van der Waals surface area contributed by atoms with Crippen molar-refractivity contribution in [1.82, 2.24) is 10.3 Å². The predicted octanol–water partition coefficient (Wildman–Crippen LogP) is 2.62. The molecule has 0 fully saturated rings. The summed E-state index contributed by atoms with van der Waals surface area (Å²) >= 11 is 1.62. The van der Waals surface area contributed by atoms with Crippen LogP contribution in [0.25, 0.3) is 0 Å². The zero-order chi connectivity index (χ0) is 11.7. The second kappa shape index (κ2) is 4.22. The number of fused-ring (bicyclic) bond motifs is 1. The lowest BCUT2D eigenvalue weighted by molar-refractivity contribution is 0.0943. The van der Waals surface area contributed by atoms with Gasteiger partial charge in [0.05, 0.1) is 11.3 Å². The maximum Gasteiger partial charge on any atom is 0.253 e. The van der Waals surface area contributed by atoms with Crippen LogP contribution in [0, 0.1) is 0 Å². The maximum atomic E-state index is 11.9. The van der Waals surface area contributed by atoms with E-state index in [4.69, 9.17) is 0 Å². The first kappa shape index (κ1) is 10.4. The monoisotopic (exact) mass is 242 g/mol. The first-order chi connectivity index (χ1) is 8.34. The molecule has 1 aliphatic rings. The third-order valence-electron chi connectivity index (χ3n) is 2.60. The smallest absolute Gasteiger partial charge is 0.253 e. The second-order valence-electron chi connectivity index (χ2n) is 3.72. The third kappa shape index (κ3) is 1.91. The first-order valence-electron chi connectivity index (χ1n) is 5.32. The lowest BCUT2D eigenvalue weighted by Gasteiger charge is -2.24. The van der Waals surface area contributed by atoms with Crippen LogP contribution < -0.4 is 5.32 Å². The van der Waals surface area contributed by atoms with Crippen LogP contribution in [0.5, 0.6) is 0 Å². The van der Waals surface area contributed by atoms with Crippen molar-refractivity contribution in [1.29, 1.82) is 0 Å². The van der Waals surface area contributed by atoms with Gasteiger partial charge in [-0.2, -0.15) is 0 Å². The van der Waals surface area contributed by atoms with Crippen molar-refractivity contribution in [3.63, 3.8) is 0 Å². The average Bonchev–Trinajstić information content (AvgIpc) is 2.40. The molecule has 84 valence electrons. The van der Waals surface area contributed by atoms with E-state index < -0.39 is 0 Å². The summed E-state index contributed by atoms with van der Waals surface area (Å²) in [6.45, 7) is 0. The predicted molar refractivity (Wildman–Crippen MR) is 66.7 cm³/mol. The maximum absolute atomic E-state index is 11.9. The van der Waals surface area contributed by atoms with Gasteiger partial charge in [0.25, 0.3) is 5.91 Å². The number of hydrogen-bond donors (Lipinski definition) is 1. The molecule has 0 saturated carbocycles. The van der Waals surface area contributed by atoms with Crippen molar-refractivity contribution < 1.29 is 4.79 Å². The zero-order valence-corrected chi connectivity index (χ0v) is 9.78. The van der Waals surface area contributed by atoms with Gasteiger partial charge in [0.15, 0.2) is 0 Å². The molecule has 1 aromatic carbocycles. The summed E-state index contributed by atoms with van der Waals surface area (Å²) in [6.07, 6.45) is 1.74. The minimum Gasteiger partial charge on any atom is -0.334 e. The van der Waals surface area contributed by atoms with Crippen LogP contribution in [0.4, 0.5) is 0 Å². The van der Waals surface area contributed by atoms with E-state index in [1.54, 1.807) is 18.0 Å². The van der Waals surface area contributed by atoms with Crippen LogP contribution in [0.1, 0.15) is 21.4 Å². The molecule has 0 saturated heterocycles. The Morgan fingerprint density at radius 2 is 1.94 bits per heavy atom. The van der Waals surface area contributed by atoms with Gasteiger partial charge < -0.3 is 5.32 Å². The molecule has 0 spiro atoms. The van der Waals surface area contributed by atoms with E-state index in [2.05, 4.69) is 10.3 Å². The molecule has 2 heterocycles. The largest absolute Gasteiger partial charge is 0.334 e. The Hall–Kier alpha value is -1.81. The normalized spacial score (nSPS) is 18.4. The molecular weight excluding hydrogens is 232 g/mol. The fraction of sp³-hybridized carbons (Fsp3) is 0.0769. The van der Waals surface area contributed by atoms with Crippen LogP contribution in [0.2, 0.25) is 0 Å². The Balaban J connectivity index is 1.97. The molecule has 1 amide bonds. The van der Waals surface area contributed by atoms with E-state index in [9.17, 15) is 4.79 Å². The SMILES string of the molecule is O=C1NC(c2ccccn2)Sc2ccccc21. The summed E-state index contributed by atoms with van der Waals surface area (Å²) in [5, 5.41) is 2.85. The van der Waals surface area contributed by atoms with Crippen molar-refractivity contribution in [2.75, 3.05) is 0 Å². The molecule has 1 aromatic heterocycles. The number of amides is 1. The van der Waals surface area contributed by atoms with Gasteiger partial charge in [-0.25, -0.2) is 0 Å². The molecule has 3 rings (SSSR count). The van der Waals surface area contributed by atoms with Gasteiger partial charge in [-0.15, -0.1) is 0 Å². The minimum absolute atomic E-state index is 0.0324. The molecule has 2 aromatic rings. The highest BCUT2D eigenvalue weighted by molar-refractivity contribution is 7.99. The Kier molecular flexibility index (Phi) is 2.57. The van der Waals surface area contributed by atoms with Gasteiger partial charge in [0, 0.05) is 11.1 Å². The molecule has 4 heteroatoms. The van der Waals surface area contributed by atoms with E-state index in [0.29, 0.717) is 0 Å². The van der Waals surface area contributed by atoms with E-state index in [1.807, 2.05) is 42.5 Å². The first-order valence-corrected chi connectivity index (χ1v) is 6.20. The number of pyridine rings is 1. The molecule has 3 nitrogen and oxygen atoms in total. The Bertz CT molecular complexity index is 556.